The van der Waals surface area contributed by atoms with Gasteiger partial charge in [0, 0.05) is 0 Å². The molecule has 2 amide bonds. The molecule has 0 aliphatic carbocycles. The fourth-order valence-corrected chi connectivity index (χ4v) is 2.27. The summed E-state index contributed by atoms with van der Waals surface area (Å²) in [5.41, 5.74) is 3.58. The van der Waals surface area contributed by atoms with E-state index in [0.717, 1.165) is 7.11 Å². The van der Waals surface area contributed by atoms with Gasteiger partial charge in [-0.3, -0.25) is 14.4 Å². The second kappa shape index (κ2) is 10.2. The number of rotatable bonds is 8. The van der Waals surface area contributed by atoms with Gasteiger partial charge in [0.1, 0.15) is 17.7 Å². The van der Waals surface area contributed by atoms with Gasteiger partial charge < -0.3 is 25.8 Å². The first-order valence-electron chi connectivity index (χ1n) is 8.86. The molecule has 0 saturated carbocycles. The fourth-order valence-electron chi connectivity index (χ4n) is 2.16. The lowest BCUT2D eigenvalue weighted by molar-refractivity contribution is -0.145. The van der Waals surface area contributed by atoms with Gasteiger partial charge in [0.2, 0.25) is 5.91 Å². The van der Waals surface area contributed by atoms with Crippen molar-refractivity contribution in [1.82, 2.24) is 10.6 Å². The van der Waals surface area contributed by atoms with Crippen molar-refractivity contribution < 1.29 is 28.7 Å². The fraction of sp³-hybridized carbons (Fsp3) is 0.778. The first-order valence-corrected chi connectivity index (χ1v) is 9.78. The quantitative estimate of drug-likeness (QED) is 0.362. The van der Waals surface area contributed by atoms with Gasteiger partial charge in [0.05, 0.1) is 17.5 Å². The van der Waals surface area contributed by atoms with Gasteiger partial charge in [-0.05, 0) is 40.5 Å². The van der Waals surface area contributed by atoms with Crippen molar-refractivity contribution in [2.75, 3.05) is 7.11 Å². The second-order valence-electron chi connectivity index (χ2n) is 8.30. The minimum atomic E-state index is -1.48. The van der Waals surface area contributed by atoms with Crippen LogP contribution in [0.1, 0.15) is 48.5 Å². The number of nitrogens with one attached hydrogen (secondary N) is 2. The molecule has 9 nitrogen and oxygen atoms in total. The highest BCUT2D eigenvalue weighted by atomic mass is 79.9. The molecule has 0 aliphatic heterocycles. The minimum absolute atomic E-state index is 0.0149. The average Bonchev–Trinajstić information content (AvgIpc) is 2.54. The predicted octanol–water partition coefficient (Wildman–Crippen LogP) is 1.26. The number of nitrogens with two attached hydrogens (primary N) is 1. The van der Waals surface area contributed by atoms with Crippen molar-refractivity contribution in [2.45, 2.75) is 76.5 Å². The Morgan fingerprint density at radius 1 is 1.04 bits per heavy atom. The van der Waals surface area contributed by atoms with Gasteiger partial charge in [0.25, 0.3) is 0 Å². The van der Waals surface area contributed by atoms with Gasteiger partial charge in [-0.25, -0.2) is 4.79 Å². The summed E-state index contributed by atoms with van der Waals surface area (Å²) in [4.78, 5) is 48.9. The first-order chi connectivity index (χ1) is 12.5. The zero-order chi connectivity index (χ0) is 22.4. The Balaban J connectivity index is 5.62. The van der Waals surface area contributed by atoms with E-state index in [4.69, 9.17) is 10.5 Å². The Morgan fingerprint density at radius 2 is 1.54 bits per heavy atom. The monoisotopic (exact) mass is 465 g/mol. The Bertz CT molecular complexity index is 601. The molecule has 0 aromatic carbocycles. The van der Waals surface area contributed by atoms with E-state index in [9.17, 15) is 19.2 Å². The number of alkyl carbamates (subject to hydrolysis) is 1. The number of ketones is 1. The molecule has 0 aliphatic rings. The molecule has 0 aromatic heterocycles. The second-order valence-corrected chi connectivity index (χ2v) is 9.28. The highest BCUT2D eigenvalue weighted by Gasteiger charge is 2.42. The molecule has 0 radical (unpaired) electrons. The molecule has 0 rings (SSSR count). The van der Waals surface area contributed by atoms with Crippen LogP contribution in [0.25, 0.3) is 0 Å². The molecule has 0 fully saturated rings. The molecular weight excluding hydrogens is 434 g/mol. The van der Waals surface area contributed by atoms with Crippen LogP contribution in [0.3, 0.4) is 0 Å². The molecule has 162 valence electrons. The SMILES string of the molecule is COC(=O)C(N)C(NC(=O)OC(C)(C)C)C(=O)C(C)(C)NC(=O)[C@H](Br)C(C)C. The maximum absolute atomic E-state index is 13.1. The average molecular weight is 466 g/mol. The van der Waals surface area contributed by atoms with Crippen molar-refractivity contribution in [1.29, 1.82) is 0 Å². The maximum Gasteiger partial charge on any atom is 0.408 e. The standard InChI is InChI=1S/C18H32BrN3O6/c1-9(2)10(19)14(24)22-18(6,7)13(23)12(11(20)15(25)27-8)21-16(26)28-17(3,4)5/h9-12H,20H2,1-8H3,(H,21,26)(H,22,24)/t10-,11?,12?/m1/s1. The molecule has 2 unspecified atom stereocenters. The highest BCUT2D eigenvalue weighted by molar-refractivity contribution is 9.10. The number of esters is 1. The Labute approximate surface area is 174 Å². The van der Waals surface area contributed by atoms with Crippen molar-refractivity contribution in [3.8, 4) is 0 Å². The summed E-state index contributed by atoms with van der Waals surface area (Å²) in [6.07, 6.45) is -0.923. The zero-order valence-electron chi connectivity index (χ0n) is 17.7. The third-order valence-corrected chi connectivity index (χ3v) is 5.15. The number of Topliss-reactive ketones (excluding diaryl/α,β-unsaturated/α-hetero) is 1. The van der Waals surface area contributed by atoms with E-state index in [-0.39, 0.29) is 5.92 Å². The molecule has 0 spiro atoms. The summed E-state index contributed by atoms with van der Waals surface area (Å²) in [6.45, 7) is 11.5. The van der Waals surface area contributed by atoms with E-state index < -0.39 is 51.8 Å². The van der Waals surface area contributed by atoms with Crippen molar-refractivity contribution in [2.24, 2.45) is 11.7 Å². The first kappa shape index (κ1) is 26.3. The van der Waals surface area contributed by atoms with E-state index in [1.54, 1.807) is 20.8 Å². The zero-order valence-corrected chi connectivity index (χ0v) is 19.3. The summed E-state index contributed by atoms with van der Waals surface area (Å²) in [5, 5.41) is 4.94. The van der Waals surface area contributed by atoms with Gasteiger partial charge in [-0.2, -0.15) is 0 Å². The van der Waals surface area contributed by atoms with Crippen molar-refractivity contribution in [3.05, 3.63) is 0 Å². The lowest BCUT2D eigenvalue weighted by atomic mass is 9.89. The molecule has 0 saturated heterocycles. The van der Waals surface area contributed by atoms with Crippen LogP contribution < -0.4 is 16.4 Å². The number of halogens is 1. The number of hydrogen-bond acceptors (Lipinski definition) is 7. The van der Waals surface area contributed by atoms with E-state index in [0.29, 0.717) is 0 Å². The minimum Gasteiger partial charge on any atom is -0.468 e. The molecular formula is C18H32BrN3O6. The molecule has 0 aromatic rings. The van der Waals surface area contributed by atoms with Gasteiger partial charge in [0.15, 0.2) is 5.78 Å². The van der Waals surface area contributed by atoms with Crippen molar-refractivity contribution in [3.63, 3.8) is 0 Å². The van der Waals surface area contributed by atoms with E-state index >= 15 is 0 Å². The largest absolute Gasteiger partial charge is 0.468 e. The van der Waals surface area contributed by atoms with Crippen LogP contribution in [-0.4, -0.2) is 58.9 Å². The summed E-state index contributed by atoms with van der Waals surface area (Å²) in [7, 11) is 1.11. The number of ether oxygens (including phenoxy) is 2. The number of alkyl halides is 1. The van der Waals surface area contributed by atoms with Gasteiger partial charge >= 0.3 is 12.1 Å². The highest BCUT2D eigenvalue weighted by Crippen LogP contribution is 2.17. The lowest BCUT2D eigenvalue weighted by Crippen LogP contribution is -2.65. The van der Waals surface area contributed by atoms with E-state index in [2.05, 4.69) is 31.3 Å². The third kappa shape index (κ3) is 8.14. The summed E-state index contributed by atoms with van der Waals surface area (Å²) in [5.74, 6) is -1.99. The predicted molar refractivity (Wildman–Crippen MR) is 108 cm³/mol. The third-order valence-electron chi connectivity index (χ3n) is 3.67. The Hall–Kier alpha value is -1.68. The van der Waals surface area contributed by atoms with Crippen LogP contribution in [0.2, 0.25) is 0 Å². The van der Waals surface area contributed by atoms with Crippen LogP contribution in [0.4, 0.5) is 4.79 Å². The smallest absolute Gasteiger partial charge is 0.408 e. The molecule has 3 atom stereocenters. The lowest BCUT2D eigenvalue weighted by Gasteiger charge is -2.33. The molecule has 0 bridgehead atoms. The molecule has 10 heteroatoms. The van der Waals surface area contributed by atoms with Crippen LogP contribution >= 0.6 is 15.9 Å². The van der Waals surface area contributed by atoms with Crippen LogP contribution in [0.15, 0.2) is 0 Å². The van der Waals surface area contributed by atoms with Gasteiger partial charge in [-0.15, -0.1) is 0 Å². The summed E-state index contributed by atoms with van der Waals surface area (Å²) in [6, 6.07) is -2.95. The normalized spacial score (nSPS) is 15.2. The Morgan fingerprint density at radius 3 is 1.93 bits per heavy atom. The molecule has 4 N–H and O–H groups in total. The summed E-state index contributed by atoms with van der Waals surface area (Å²) < 4.78 is 9.73. The van der Waals surface area contributed by atoms with Gasteiger partial charge in [-0.1, -0.05) is 29.8 Å². The summed E-state index contributed by atoms with van der Waals surface area (Å²) >= 11 is 3.27. The number of hydrogen-bond donors (Lipinski definition) is 3. The van der Waals surface area contributed by atoms with Crippen molar-refractivity contribution >= 4 is 39.7 Å². The van der Waals surface area contributed by atoms with Crippen LogP contribution in [-0.2, 0) is 23.9 Å². The number of carbonyl (C=O) groups is 4. The molecule has 28 heavy (non-hydrogen) atoms. The number of carbonyl (C=O) groups excluding carboxylic acids is 4. The Kier molecular flexibility index (Phi) is 9.59. The van der Waals surface area contributed by atoms with E-state index in [1.807, 2.05) is 13.8 Å². The van der Waals surface area contributed by atoms with Crippen LogP contribution in [0, 0.1) is 5.92 Å². The van der Waals surface area contributed by atoms with E-state index in [1.165, 1.54) is 13.8 Å². The topological polar surface area (TPSA) is 137 Å². The van der Waals surface area contributed by atoms with Crippen LogP contribution in [0.5, 0.6) is 0 Å². The molecule has 0 heterocycles. The number of methoxy groups -OCH3 is 1. The number of amides is 2. The maximum atomic E-state index is 13.1.